The van der Waals surface area contributed by atoms with Gasteiger partial charge in [0.05, 0.1) is 0 Å². The molecule has 1 saturated heterocycles. The molecular weight excluding hydrogens is 298 g/mol. The number of thioether (sulfide) groups is 1. The van der Waals surface area contributed by atoms with Crippen molar-refractivity contribution in [3.63, 3.8) is 0 Å². The molecule has 0 spiro atoms. The van der Waals surface area contributed by atoms with Crippen LogP contribution in [-0.2, 0) is 6.54 Å². The van der Waals surface area contributed by atoms with E-state index in [0.717, 1.165) is 19.1 Å². The van der Waals surface area contributed by atoms with Crippen molar-refractivity contribution in [1.29, 1.82) is 0 Å². The first kappa shape index (κ1) is 16.6. The van der Waals surface area contributed by atoms with Crippen molar-refractivity contribution in [3.8, 4) is 11.1 Å². The Hall–Kier alpha value is -1.25. The van der Waals surface area contributed by atoms with Gasteiger partial charge in [0.15, 0.2) is 0 Å². The minimum absolute atomic E-state index is 0.755. The summed E-state index contributed by atoms with van der Waals surface area (Å²) < 4.78 is 0. The lowest BCUT2D eigenvalue weighted by molar-refractivity contribution is 0.186. The molecule has 0 saturated carbocycles. The van der Waals surface area contributed by atoms with Crippen LogP contribution in [0.1, 0.15) is 30.9 Å². The monoisotopic (exact) mass is 325 g/mol. The second-order valence-electron chi connectivity index (χ2n) is 6.43. The van der Waals surface area contributed by atoms with E-state index in [-0.39, 0.29) is 0 Å². The third-order valence-corrected chi connectivity index (χ3v) is 5.88. The predicted octanol–water partition coefficient (Wildman–Crippen LogP) is 5.38. The van der Waals surface area contributed by atoms with E-state index in [0.29, 0.717) is 0 Å². The third-order valence-electron chi connectivity index (χ3n) is 4.83. The van der Waals surface area contributed by atoms with Crippen LogP contribution in [0.4, 0.5) is 0 Å². The molecule has 0 radical (unpaired) electrons. The molecule has 1 fully saturated rings. The van der Waals surface area contributed by atoms with Gasteiger partial charge in [-0.15, -0.1) is 0 Å². The van der Waals surface area contributed by atoms with Gasteiger partial charge in [-0.1, -0.05) is 61.0 Å². The van der Waals surface area contributed by atoms with Gasteiger partial charge in [-0.05, 0) is 54.5 Å². The van der Waals surface area contributed by atoms with Gasteiger partial charge in [0, 0.05) is 12.6 Å². The summed E-state index contributed by atoms with van der Waals surface area (Å²) >= 11 is 2.11. The Labute approximate surface area is 145 Å². The molecule has 1 aliphatic rings. The van der Waals surface area contributed by atoms with Crippen LogP contribution in [0.2, 0.25) is 0 Å². The first-order chi connectivity index (χ1) is 11.3. The summed E-state index contributed by atoms with van der Waals surface area (Å²) in [6, 6.07) is 18.5. The van der Waals surface area contributed by atoms with Crippen molar-refractivity contribution in [2.75, 3.05) is 18.1 Å². The first-order valence-corrected chi connectivity index (χ1v) is 9.90. The summed E-state index contributed by atoms with van der Waals surface area (Å²) in [5.41, 5.74) is 5.55. The van der Waals surface area contributed by atoms with E-state index in [1.807, 2.05) is 0 Å². The molecule has 0 bridgehead atoms. The zero-order valence-corrected chi connectivity index (χ0v) is 15.1. The molecule has 1 aliphatic heterocycles. The molecule has 2 aromatic rings. The molecule has 0 N–H and O–H groups in total. The van der Waals surface area contributed by atoms with E-state index in [9.17, 15) is 0 Å². The molecule has 0 aromatic heterocycles. The summed E-state index contributed by atoms with van der Waals surface area (Å²) in [4.78, 5) is 2.68. The quantitative estimate of drug-likeness (QED) is 0.726. The van der Waals surface area contributed by atoms with Gasteiger partial charge in [0.25, 0.3) is 0 Å². The SMILES string of the molecule is CCN(Cc1cc(C)ccc1-c1ccccc1)C1CCSCC1. The van der Waals surface area contributed by atoms with E-state index >= 15 is 0 Å². The summed E-state index contributed by atoms with van der Waals surface area (Å²) in [5, 5.41) is 0. The predicted molar refractivity (Wildman–Crippen MR) is 103 cm³/mol. The number of aryl methyl sites for hydroxylation is 1. The van der Waals surface area contributed by atoms with E-state index in [1.54, 1.807) is 0 Å². The fraction of sp³-hybridized carbons (Fsp3) is 0.429. The van der Waals surface area contributed by atoms with E-state index in [2.05, 4.69) is 79.0 Å². The molecule has 2 aromatic carbocycles. The molecule has 1 nitrogen and oxygen atoms in total. The molecule has 0 unspecified atom stereocenters. The summed E-state index contributed by atoms with van der Waals surface area (Å²) in [6.07, 6.45) is 2.68. The van der Waals surface area contributed by atoms with E-state index in [4.69, 9.17) is 0 Å². The van der Waals surface area contributed by atoms with Crippen LogP contribution in [0.3, 0.4) is 0 Å². The molecule has 3 rings (SSSR count). The Morgan fingerprint density at radius 3 is 2.48 bits per heavy atom. The van der Waals surface area contributed by atoms with Crippen LogP contribution in [-0.4, -0.2) is 29.0 Å². The normalized spacial score (nSPS) is 16.0. The zero-order chi connectivity index (χ0) is 16.1. The first-order valence-electron chi connectivity index (χ1n) is 8.74. The fourth-order valence-electron chi connectivity index (χ4n) is 3.52. The topological polar surface area (TPSA) is 3.24 Å². The highest BCUT2D eigenvalue weighted by Gasteiger charge is 2.21. The molecule has 0 atom stereocenters. The lowest BCUT2D eigenvalue weighted by atomic mass is 9.96. The Balaban J connectivity index is 1.87. The van der Waals surface area contributed by atoms with Crippen molar-refractivity contribution in [2.24, 2.45) is 0 Å². The van der Waals surface area contributed by atoms with Crippen LogP contribution in [0.15, 0.2) is 48.5 Å². The molecule has 122 valence electrons. The number of rotatable bonds is 5. The van der Waals surface area contributed by atoms with Crippen molar-refractivity contribution in [1.82, 2.24) is 4.90 Å². The van der Waals surface area contributed by atoms with E-state index < -0.39 is 0 Å². The average molecular weight is 326 g/mol. The Kier molecular flexibility index (Phi) is 5.80. The minimum Gasteiger partial charge on any atom is -0.296 e. The maximum absolute atomic E-state index is 2.68. The van der Waals surface area contributed by atoms with Gasteiger partial charge in [0.2, 0.25) is 0 Å². The zero-order valence-electron chi connectivity index (χ0n) is 14.3. The number of hydrogen-bond acceptors (Lipinski definition) is 2. The molecular formula is C21H27NS. The lowest BCUT2D eigenvalue weighted by Crippen LogP contribution is -2.37. The second kappa shape index (κ2) is 8.03. The van der Waals surface area contributed by atoms with Gasteiger partial charge >= 0.3 is 0 Å². The highest BCUT2D eigenvalue weighted by Crippen LogP contribution is 2.28. The smallest absolute Gasteiger partial charge is 0.0242 e. The summed E-state index contributed by atoms with van der Waals surface area (Å²) in [7, 11) is 0. The van der Waals surface area contributed by atoms with Gasteiger partial charge < -0.3 is 0 Å². The van der Waals surface area contributed by atoms with Crippen LogP contribution < -0.4 is 0 Å². The molecule has 23 heavy (non-hydrogen) atoms. The van der Waals surface area contributed by atoms with Crippen molar-refractivity contribution < 1.29 is 0 Å². The summed E-state index contributed by atoms with van der Waals surface area (Å²) in [5.74, 6) is 2.64. The number of benzene rings is 2. The lowest BCUT2D eigenvalue weighted by Gasteiger charge is -2.34. The minimum atomic E-state index is 0.755. The van der Waals surface area contributed by atoms with Crippen molar-refractivity contribution in [2.45, 2.75) is 39.3 Å². The summed E-state index contributed by atoms with van der Waals surface area (Å²) in [6.45, 7) is 6.71. The average Bonchev–Trinajstić information content (AvgIpc) is 2.61. The van der Waals surface area contributed by atoms with Gasteiger partial charge in [0.1, 0.15) is 0 Å². The maximum Gasteiger partial charge on any atom is 0.0242 e. The fourth-order valence-corrected chi connectivity index (χ4v) is 4.60. The highest BCUT2D eigenvalue weighted by atomic mass is 32.2. The van der Waals surface area contributed by atoms with Gasteiger partial charge in [-0.2, -0.15) is 11.8 Å². The second-order valence-corrected chi connectivity index (χ2v) is 7.66. The number of hydrogen-bond donors (Lipinski definition) is 0. The Bertz CT molecular complexity index is 617. The largest absolute Gasteiger partial charge is 0.296 e. The van der Waals surface area contributed by atoms with E-state index in [1.165, 1.54) is 46.6 Å². The highest BCUT2D eigenvalue weighted by molar-refractivity contribution is 7.99. The van der Waals surface area contributed by atoms with Crippen LogP contribution in [0, 0.1) is 6.92 Å². The van der Waals surface area contributed by atoms with Gasteiger partial charge in [-0.25, -0.2) is 0 Å². The molecule has 0 amide bonds. The van der Waals surface area contributed by atoms with Crippen molar-refractivity contribution >= 4 is 11.8 Å². The van der Waals surface area contributed by atoms with Crippen molar-refractivity contribution in [3.05, 3.63) is 59.7 Å². The Morgan fingerprint density at radius 2 is 1.78 bits per heavy atom. The number of nitrogens with zero attached hydrogens (tertiary/aromatic N) is 1. The molecule has 0 aliphatic carbocycles. The molecule has 1 heterocycles. The van der Waals surface area contributed by atoms with Gasteiger partial charge in [-0.3, -0.25) is 4.90 Å². The maximum atomic E-state index is 2.68. The van der Waals surface area contributed by atoms with Crippen LogP contribution in [0.5, 0.6) is 0 Å². The Morgan fingerprint density at radius 1 is 1.04 bits per heavy atom. The third kappa shape index (κ3) is 4.19. The molecule has 2 heteroatoms. The standard InChI is InChI=1S/C21H27NS/c1-3-22(20-11-13-23-14-12-20)16-19-15-17(2)9-10-21(19)18-7-5-4-6-8-18/h4-10,15,20H,3,11-14,16H2,1-2H3. The van der Waals surface area contributed by atoms with Crippen LogP contribution >= 0.6 is 11.8 Å². The van der Waals surface area contributed by atoms with Crippen LogP contribution in [0.25, 0.3) is 11.1 Å².